The molecule has 0 aromatic heterocycles. The van der Waals surface area contributed by atoms with Gasteiger partial charge in [0.2, 0.25) is 0 Å². The normalized spacial score (nSPS) is 12.2. The summed E-state index contributed by atoms with van der Waals surface area (Å²) in [4.78, 5) is 2.22. The van der Waals surface area contributed by atoms with Gasteiger partial charge in [-0.05, 0) is 36.7 Å². The quantitative estimate of drug-likeness (QED) is 0.892. The maximum absolute atomic E-state index is 6.14. The molecule has 0 aliphatic heterocycles. The van der Waals surface area contributed by atoms with Crippen molar-refractivity contribution < 1.29 is 0 Å². The van der Waals surface area contributed by atoms with Crippen molar-refractivity contribution in [3.05, 3.63) is 33.8 Å². The molecule has 1 rings (SSSR count). The SMILES string of the molecule is CN(Cc1ccc(Cl)cc1Cl)CC(C)(C)CN. The van der Waals surface area contributed by atoms with Crippen LogP contribution in [0.2, 0.25) is 10.0 Å². The van der Waals surface area contributed by atoms with Gasteiger partial charge in [0.1, 0.15) is 0 Å². The Hall–Kier alpha value is -0.280. The van der Waals surface area contributed by atoms with Gasteiger partial charge in [0.15, 0.2) is 0 Å². The van der Waals surface area contributed by atoms with Crippen LogP contribution in [-0.2, 0) is 6.54 Å². The Balaban J connectivity index is 2.65. The summed E-state index contributed by atoms with van der Waals surface area (Å²) >= 11 is 12.0. The summed E-state index contributed by atoms with van der Waals surface area (Å²) in [7, 11) is 2.07. The zero-order valence-electron chi connectivity index (χ0n) is 10.6. The lowest BCUT2D eigenvalue weighted by Crippen LogP contribution is -2.36. The van der Waals surface area contributed by atoms with Gasteiger partial charge < -0.3 is 10.6 Å². The van der Waals surface area contributed by atoms with Gasteiger partial charge in [-0.3, -0.25) is 0 Å². The Morgan fingerprint density at radius 1 is 1.29 bits per heavy atom. The van der Waals surface area contributed by atoms with Crippen molar-refractivity contribution >= 4 is 23.2 Å². The number of hydrogen-bond donors (Lipinski definition) is 1. The number of hydrogen-bond acceptors (Lipinski definition) is 2. The molecule has 0 radical (unpaired) electrons. The van der Waals surface area contributed by atoms with E-state index in [-0.39, 0.29) is 5.41 Å². The molecule has 96 valence electrons. The molecule has 0 spiro atoms. The standard InChI is InChI=1S/C13H20Cl2N2/c1-13(2,8-16)9-17(3)7-10-4-5-11(14)6-12(10)15/h4-6H,7-9,16H2,1-3H3. The molecule has 1 aromatic carbocycles. The summed E-state index contributed by atoms with van der Waals surface area (Å²) in [5.74, 6) is 0. The highest BCUT2D eigenvalue weighted by Gasteiger charge is 2.18. The minimum atomic E-state index is 0.119. The van der Waals surface area contributed by atoms with E-state index in [0.29, 0.717) is 11.6 Å². The lowest BCUT2D eigenvalue weighted by atomic mass is 9.93. The van der Waals surface area contributed by atoms with Crippen LogP contribution in [0.3, 0.4) is 0 Å². The van der Waals surface area contributed by atoms with E-state index in [1.165, 1.54) is 0 Å². The summed E-state index contributed by atoms with van der Waals surface area (Å²) in [6.45, 7) is 6.73. The molecule has 2 N–H and O–H groups in total. The van der Waals surface area contributed by atoms with E-state index in [9.17, 15) is 0 Å². The summed E-state index contributed by atoms with van der Waals surface area (Å²) in [6.07, 6.45) is 0. The monoisotopic (exact) mass is 274 g/mol. The highest BCUT2D eigenvalue weighted by Crippen LogP contribution is 2.23. The van der Waals surface area contributed by atoms with E-state index >= 15 is 0 Å². The molecule has 2 nitrogen and oxygen atoms in total. The third kappa shape index (κ3) is 4.84. The lowest BCUT2D eigenvalue weighted by Gasteiger charge is -2.29. The summed E-state index contributed by atoms with van der Waals surface area (Å²) in [5, 5.41) is 1.39. The first-order valence-corrected chi connectivity index (χ1v) is 6.42. The summed E-state index contributed by atoms with van der Waals surface area (Å²) < 4.78 is 0. The predicted octanol–water partition coefficient (Wildman–Crippen LogP) is 3.41. The van der Waals surface area contributed by atoms with Crippen LogP contribution in [0.4, 0.5) is 0 Å². The molecule has 1 aromatic rings. The topological polar surface area (TPSA) is 29.3 Å². The van der Waals surface area contributed by atoms with E-state index in [1.54, 1.807) is 6.07 Å². The average molecular weight is 275 g/mol. The second kappa shape index (κ2) is 6.05. The molecule has 0 bridgehead atoms. The Morgan fingerprint density at radius 2 is 1.94 bits per heavy atom. The van der Waals surface area contributed by atoms with Crippen molar-refractivity contribution in [3.8, 4) is 0 Å². The third-order valence-corrected chi connectivity index (χ3v) is 3.29. The van der Waals surface area contributed by atoms with Crippen LogP contribution in [0.5, 0.6) is 0 Å². The fraction of sp³-hybridized carbons (Fsp3) is 0.538. The van der Waals surface area contributed by atoms with Gasteiger partial charge in [0.05, 0.1) is 0 Å². The Morgan fingerprint density at radius 3 is 2.47 bits per heavy atom. The number of benzene rings is 1. The minimum absolute atomic E-state index is 0.119. The molecule has 0 aliphatic carbocycles. The summed E-state index contributed by atoms with van der Waals surface area (Å²) in [5.41, 5.74) is 6.94. The first kappa shape index (κ1) is 14.8. The molecule has 0 saturated carbocycles. The van der Waals surface area contributed by atoms with Crippen LogP contribution >= 0.6 is 23.2 Å². The highest BCUT2D eigenvalue weighted by atomic mass is 35.5. The Labute approximate surface area is 114 Å². The molecule has 0 fully saturated rings. The van der Waals surface area contributed by atoms with E-state index in [1.807, 2.05) is 12.1 Å². The van der Waals surface area contributed by atoms with Gasteiger partial charge in [0.25, 0.3) is 0 Å². The minimum Gasteiger partial charge on any atom is -0.330 e. The Bertz CT molecular complexity index is 378. The van der Waals surface area contributed by atoms with Crippen LogP contribution < -0.4 is 5.73 Å². The van der Waals surface area contributed by atoms with Crippen molar-refractivity contribution in [2.24, 2.45) is 11.1 Å². The largest absolute Gasteiger partial charge is 0.330 e. The molecule has 0 amide bonds. The fourth-order valence-electron chi connectivity index (χ4n) is 1.79. The zero-order chi connectivity index (χ0) is 13.1. The average Bonchev–Trinajstić information content (AvgIpc) is 2.21. The number of nitrogens with two attached hydrogens (primary N) is 1. The van der Waals surface area contributed by atoms with Crippen molar-refractivity contribution in [2.45, 2.75) is 20.4 Å². The van der Waals surface area contributed by atoms with Gasteiger partial charge in [-0.25, -0.2) is 0 Å². The molecular weight excluding hydrogens is 255 g/mol. The molecule has 4 heteroatoms. The third-order valence-electron chi connectivity index (χ3n) is 2.71. The van der Waals surface area contributed by atoms with Gasteiger partial charge in [-0.1, -0.05) is 43.1 Å². The van der Waals surface area contributed by atoms with E-state index in [0.717, 1.165) is 23.7 Å². The number of rotatable bonds is 5. The summed E-state index contributed by atoms with van der Waals surface area (Å²) in [6, 6.07) is 5.61. The van der Waals surface area contributed by atoms with Crippen LogP contribution in [0.25, 0.3) is 0 Å². The molecule has 0 atom stereocenters. The van der Waals surface area contributed by atoms with Crippen molar-refractivity contribution in [1.29, 1.82) is 0 Å². The van der Waals surface area contributed by atoms with E-state index in [2.05, 4.69) is 25.8 Å². The highest BCUT2D eigenvalue weighted by molar-refractivity contribution is 6.35. The fourth-order valence-corrected chi connectivity index (χ4v) is 2.26. The lowest BCUT2D eigenvalue weighted by molar-refractivity contribution is 0.210. The first-order valence-electron chi connectivity index (χ1n) is 5.66. The van der Waals surface area contributed by atoms with Gasteiger partial charge in [-0.2, -0.15) is 0 Å². The maximum Gasteiger partial charge on any atom is 0.0465 e. The second-order valence-electron chi connectivity index (χ2n) is 5.28. The van der Waals surface area contributed by atoms with E-state index in [4.69, 9.17) is 28.9 Å². The molecule has 0 aliphatic rings. The predicted molar refractivity (Wildman–Crippen MR) is 75.6 cm³/mol. The van der Waals surface area contributed by atoms with Gasteiger partial charge in [-0.15, -0.1) is 0 Å². The second-order valence-corrected chi connectivity index (χ2v) is 6.12. The van der Waals surface area contributed by atoms with E-state index < -0.39 is 0 Å². The van der Waals surface area contributed by atoms with Crippen molar-refractivity contribution in [1.82, 2.24) is 4.90 Å². The maximum atomic E-state index is 6.14. The van der Waals surface area contributed by atoms with Crippen molar-refractivity contribution in [3.63, 3.8) is 0 Å². The molecule has 0 unspecified atom stereocenters. The first-order chi connectivity index (χ1) is 7.84. The smallest absolute Gasteiger partial charge is 0.0465 e. The number of nitrogens with zero attached hydrogens (tertiary/aromatic N) is 1. The van der Waals surface area contributed by atoms with Crippen LogP contribution in [0, 0.1) is 5.41 Å². The molecule has 17 heavy (non-hydrogen) atoms. The number of halogens is 2. The van der Waals surface area contributed by atoms with Gasteiger partial charge in [0, 0.05) is 23.1 Å². The van der Waals surface area contributed by atoms with Gasteiger partial charge >= 0.3 is 0 Å². The van der Waals surface area contributed by atoms with Crippen LogP contribution in [0.15, 0.2) is 18.2 Å². The molecule has 0 heterocycles. The van der Waals surface area contributed by atoms with Crippen molar-refractivity contribution in [2.75, 3.05) is 20.1 Å². The van der Waals surface area contributed by atoms with Crippen LogP contribution in [-0.4, -0.2) is 25.0 Å². The Kier molecular flexibility index (Phi) is 5.26. The van der Waals surface area contributed by atoms with Crippen LogP contribution in [0.1, 0.15) is 19.4 Å². The molecule has 0 saturated heterocycles. The molecular formula is C13H20Cl2N2. The zero-order valence-corrected chi connectivity index (χ0v) is 12.1.